The van der Waals surface area contributed by atoms with E-state index < -0.39 is 0 Å². The predicted molar refractivity (Wildman–Crippen MR) is 65.6 cm³/mol. The third-order valence-corrected chi connectivity index (χ3v) is 3.26. The summed E-state index contributed by atoms with van der Waals surface area (Å²) >= 11 is 8.61. The van der Waals surface area contributed by atoms with E-state index in [1.54, 1.807) is 10.8 Å². The molecule has 0 aliphatic carbocycles. The number of thiocarbonyl (C=S) groups is 1. The molecule has 0 aromatic carbocycles. The van der Waals surface area contributed by atoms with Crippen molar-refractivity contribution in [3.63, 3.8) is 0 Å². The first-order valence-electron chi connectivity index (χ1n) is 4.18. The zero-order valence-electron chi connectivity index (χ0n) is 8.17. The van der Waals surface area contributed by atoms with Crippen LogP contribution in [0.3, 0.4) is 0 Å². The molecule has 76 valence electrons. The maximum Gasteiger partial charge on any atom is 0.194 e. The van der Waals surface area contributed by atoms with Gasteiger partial charge < -0.3 is 5.32 Å². The number of nitrogens with one attached hydrogen (secondary N) is 1. The van der Waals surface area contributed by atoms with Gasteiger partial charge in [-0.3, -0.25) is 0 Å². The van der Waals surface area contributed by atoms with Gasteiger partial charge in [-0.25, -0.2) is 4.68 Å². The maximum absolute atomic E-state index is 5.17. The normalized spacial score (nSPS) is 9.93. The van der Waals surface area contributed by atoms with Gasteiger partial charge in [0, 0.05) is 6.54 Å². The third kappa shape index (κ3) is 2.22. The molecule has 0 saturated heterocycles. The average Bonchev–Trinajstić information content (AvgIpc) is 2.42. The smallest absolute Gasteiger partial charge is 0.194 e. The first kappa shape index (κ1) is 11.4. The minimum atomic E-state index is 0.594. The highest BCUT2D eigenvalue weighted by Gasteiger charge is 2.10. The van der Waals surface area contributed by atoms with E-state index in [2.05, 4.69) is 32.9 Å². The van der Waals surface area contributed by atoms with Crippen LogP contribution in [0, 0.1) is 13.8 Å². The van der Waals surface area contributed by atoms with E-state index in [9.17, 15) is 0 Å². The van der Waals surface area contributed by atoms with Crippen LogP contribution in [0.4, 0.5) is 0 Å². The number of aryl methyl sites for hydroxylation is 1. The summed E-state index contributed by atoms with van der Waals surface area (Å²) in [6.45, 7) is 8.16. The largest absolute Gasteiger partial charge is 0.357 e. The van der Waals surface area contributed by atoms with Crippen LogP contribution in [0.5, 0.6) is 0 Å². The van der Waals surface area contributed by atoms with Gasteiger partial charge in [0.1, 0.15) is 0 Å². The Morgan fingerprint density at radius 2 is 2.36 bits per heavy atom. The molecule has 1 aromatic heterocycles. The SMILES string of the molecule is C=CCNC(=S)n1nc(C)c(Br)c1C. The standard InChI is InChI=1S/C9H12BrN3S/c1-4-5-11-9(14)13-7(3)8(10)6(2)12-13/h4H,1,5H2,2-3H3,(H,11,14). The predicted octanol–water partition coefficient (Wildman–Crippen LogP) is 2.17. The molecule has 5 heteroatoms. The molecule has 1 N–H and O–H groups in total. The molecule has 0 spiro atoms. The summed E-state index contributed by atoms with van der Waals surface area (Å²) in [6, 6.07) is 0. The summed E-state index contributed by atoms with van der Waals surface area (Å²) in [5, 5.41) is 7.91. The number of nitrogens with zero attached hydrogens (tertiary/aromatic N) is 2. The summed E-state index contributed by atoms with van der Waals surface area (Å²) in [6.07, 6.45) is 1.76. The number of rotatable bonds is 2. The van der Waals surface area contributed by atoms with Crippen molar-refractivity contribution < 1.29 is 0 Å². The Morgan fingerprint density at radius 3 is 2.79 bits per heavy atom. The van der Waals surface area contributed by atoms with Crippen molar-refractivity contribution in [3.8, 4) is 0 Å². The van der Waals surface area contributed by atoms with E-state index in [4.69, 9.17) is 12.2 Å². The zero-order chi connectivity index (χ0) is 10.7. The van der Waals surface area contributed by atoms with Crippen molar-refractivity contribution in [2.45, 2.75) is 13.8 Å². The van der Waals surface area contributed by atoms with Crippen LogP contribution >= 0.6 is 28.1 Å². The van der Waals surface area contributed by atoms with Crippen LogP contribution in [-0.2, 0) is 0 Å². The van der Waals surface area contributed by atoms with Gasteiger partial charge in [0.25, 0.3) is 0 Å². The summed E-state index contributed by atoms with van der Waals surface area (Å²) in [5.74, 6) is 0. The molecule has 14 heavy (non-hydrogen) atoms. The van der Waals surface area contributed by atoms with Crippen LogP contribution in [0.15, 0.2) is 17.1 Å². The second-order valence-electron chi connectivity index (χ2n) is 2.87. The van der Waals surface area contributed by atoms with Gasteiger partial charge in [0.15, 0.2) is 5.11 Å². The minimum Gasteiger partial charge on any atom is -0.357 e. The van der Waals surface area contributed by atoms with Gasteiger partial charge in [0.2, 0.25) is 0 Å². The van der Waals surface area contributed by atoms with Gasteiger partial charge in [-0.15, -0.1) is 6.58 Å². The van der Waals surface area contributed by atoms with E-state index in [1.165, 1.54) is 0 Å². The van der Waals surface area contributed by atoms with Crippen LogP contribution in [-0.4, -0.2) is 21.4 Å². The van der Waals surface area contributed by atoms with E-state index >= 15 is 0 Å². The van der Waals surface area contributed by atoms with Crippen molar-refractivity contribution in [1.82, 2.24) is 15.1 Å². The molecule has 0 aliphatic rings. The van der Waals surface area contributed by atoms with Crippen LogP contribution < -0.4 is 5.32 Å². The Kier molecular flexibility index (Phi) is 3.83. The molecular formula is C9H12BrN3S. The monoisotopic (exact) mass is 273 g/mol. The van der Waals surface area contributed by atoms with Crippen LogP contribution in [0.1, 0.15) is 11.4 Å². The maximum atomic E-state index is 5.17. The Hall–Kier alpha value is -0.680. The molecule has 1 rings (SSSR count). The Balaban J connectivity index is 2.90. The molecule has 0 amide bonds. The first-order valence-corrected chi connectivity index (χ1v) is 5.39. The molecule has 0 bridgehead atoms. The molecule has 0 unspecified atom stereocenters. The third-order valence-electron chi connectivity index (χ3n) is 1.79. The van der Waals surface area contributed by atoms with Gasteiger partial charge >= 0.3 is 0 Å². The fourth-order valence-corrected chi connectivity index (χ4v) is 1.56. The molecule has 3 nitrogen and oxygen atoms in total. The van der Waals surface area contributed by atoms with E-state index in [0.717, 1.165) is 15.9 Å². The van der Waals surface area contributed by atoms with Crippen molar-refractivity contribution >= 4 is 33.3 Å². The van der Waals surface area contributed by atoms with E-state index in [1.807, 2.05) is 13.8 Å². The highest BCUT2D eigenvalue weighted by Crippen LogP contribution is 2.19. The number of aromatic nitrogens is 2. The summed E-state index contributed by atoms with van der Waals surface area (Å²) < 4.78 is 2.71. The Labute approximate surface area is 97.3 Å². The highest BCUT2D eigenvalue weighted by atomic mass is 79.9. The lowest BCUT2D eigenvalue weighted by molar-refractivity contribution is 0.844. The number of halogens is 1. The topological polar surface area (TPSA) is 29.9 Å². The zero-order valence-corrected chi connectivity index (χ0v) is 10.6. The van der Waals surface area contributed by atoms with Crippen LogP contribution in [0.25, 0.3) is 0 Å². The van der Waals surface area contributed by atoms with E-state index in [0.29, 0.717) is 11.7 Å². The molecule has 0 fully saturated rings. The lowest BCUT2D eigenvalue weighted by Gasteiger charge is -2.06. The molecule has 1 heterocycles. The van der Waals surface area contributed by atoms with Crippen molar-refractivity contribution in [1.29, 1.82) is 0 Å². The molecule has 0 aliphatic heterocycles. The molecule has 0 atom stereocenters. The number of hydrogen-bond donors (Lipinski definition) is 1. The first-order chi connectivity index (χ1) is 6.57. The summed E-state index contributed by atoms with van der Waals surface area (Å²) in [4.78, 5) is 0. The fourth-order valence-electron chi connectivity index (χ4n) is 1.06. The van der Waals surface area contributed by atoms with Gasteiger partial charge in [0.05, 0.1) is 15.9 Å². The minimum absolute atomic E-state index is 0.594. The summed E-state index contributed by atoms with van der Waals surface area (Å²) in [7, 11) is 0. The molecular weight excluding hydrogens is 262 g/mol. The number of hydrogen-bond acceptors (Lipinski definition) is 2. The van der Waals surface area contributed by atoms with E-state index in [-0.39, 0.29) is 0 Å². The lowest BCUT2D eigenvalue weighted by atomic mass is 10.4. The van der Waals surface area contributed by atoms with Crippen molar-refractivity contribution in [2.75, 3.05) is 6.54 Å². The van der Waals surface area contributed by atoms with Gasteiger partial charge in [-0.2, -0.15) is 5.10 Å². The van der Waals surface area contributed by atoms with Gasteiger partial charge in [-0.1, -0.05) is 6.08 Å². The molecule has 0 radical (unpaired) electrons. The second-order valence-corrected chi connectivity index (χ2v) is 4.05. The molecule has 1 aromatic rings. The molecule has 0 saturated carbocycles. The van der Waals surface area contributed by atoms with Gasteiger partial charge in [-0.05, 0) is 42.0 Å². The Bertz CT molecular complexity index is 370. The quantitative estimate of drug-likeness (QED) is 0.662. The lowest BCUT2D eigenvalue weighted by Crippen LogP contribution is -2.29. The van der Waals surface area contributed by atoms with Crippen molar-refractivity contribution in [3.05, 3.63) is 28.5 Å². The Morgan fingerprint density at radius 1 is 1.71 bits per heavy atom. The van der Waals surface area contributed by atoms with Crippen LogP contribution in [0.2, 0.25) is 0 Å². The summed E-state index contributed by atoms with van der Waals surface area (Å²) in [5.41, 5.74) is 1.94. The average molecular weight is 274 g/mol. The van der Waals surface area contributed by atoms with Crippen molar-refractivity contribution in [2.24, 2.45) is 0 Å². The fraction of sp³-hybridized carbons (Fsp3) is 0.333. The second kappa shape index (κ2) is 4.70. The highest BCUT2D eigenvalue weighted by molar-refractivity contribution is 9.10.